The summed E-state index contributed by atoms with van der Waals surface area (Å²) in [6.45, 7) is 10.2. The predicted molar refractivity (Wildman–Crippen MR) is 66.0 cm³/mol. The summed E-state index contributed by atoms with van der Waals surface area (Å²) in [6, 6.07) is 12.8. The van der Waals surface area contributed by atoms with Crippen molar-refractivity contribution >= 4 is 0 Å². The van der Waals surface area contributed by atoms with E-state index in [0.29, 0.717) is 12.1 Å². The maximum atomic E-state index is 3.27. The van der Waals surface area contributed by atoms with Gasteiger partial charge in [0, 0.05) is 18.6 Å². The normalized spacial score (nSPS) is 11.7. The summed E-state index contributed by atoms with van der Waals surface area (Å²) in [5.41, 5.74) is 1.31. The number of hydrogen-bond acceptors (Lipinski definition) is 1. The lowest BCUT2D eigenvalue weighted by Gasteiger charge is -2.30. The minimum atomic E-state index is 0.619. The van der Waals surface area contributed by atoms with E-state index in [-0.39, 0.29) is 0 Å². The average molecular weight is 204 g/mol. The molecule has 0 fully saturated rings. The first kappa shape index (κ1) is 12.3. The standard InChI is InChI=1S/C14H22N/c1-12(2)15(13(3)4)11-10-14-8-6-5-7-9-14/h5-8,12-13H,10-11H2,1-4H3. The number of nitrogens with zero attached hydrogens (tertiary/aromatic N) is 1. The van der Waals surface area contributed by atoms with Crippen molar-refractivity contribution in [2.75, 3.05) is 6.54 Å². The smallest absolute Gasteiger partial charge is 0.00414 e. The minimum absolute atomic E-state index is 0.619. The zero-order valence-corrected chi connectivity index (χ0v) is 10.3. The van der Waals surface area contributed by atoms with Gasteiger partial charge in [-0.3, -0.25) is 4.90 Å². The molecule has 0 saturated carbocycles. The largest absolute Gasteiger partial charge is 0.298 e. The van der Waals surface area contributed by atoms with E-state index in [9.17, 15) is 0 Å². The van der Waals surface area contributed by atoms with E-state index >= 15 is 0 Å². The first-order valence-corrected chi connectivity index (χ1v) is 5.82. The Labute approximate surface area is 94.1 Å². The van der Waals surface area contributed by atoms with Crippen molar-refractivity contribution in [3.63, 3.8) is 0 Å². The molecule has 1 aromatic rings. The van der Waals surface area contributed by atoms with Crippen LogP contribution in [0.5, 0.6) is 0 Å². The molecule has 0 unspecified atom stereocenters. The molecule has 0 spiro atoms. The first-order chi connectivity index (χ1) is 7.11. The molecule has 0 atom stereocenters. The second-order valence-corrected chi connectivity index (χ2v) is 4.56. The molecule has 0 amide bonds. The highest BCUT2D eigenvalue weighted by Gasteiger charge is 2.12. The minimum Gasteiger partial charge on any atom is -0.298 e. The van der Waals surface area contributed by atoms with Crippen molar-refractivity contribution in [3.05, 3.63) is 35.9 Å². The van der Waals surface area contributed by atoms with Crippen molar-refractivity contribution in [1.82, 2.24) is 4.90 Å². The Kier molecular flexibility index (Phi) is 4.83. The van der Waals surface area contributed by atoms with Crippen molar-refractivity contribution < 1.29 is 0 Å². The molecule has 0 aliphatic heterocycles. The van der Waals surface area contributed by atoms with Crippen LogP contribution >= 0.6 is 0 Å². The molecule has 1 radical (unpaired) electrons. The molecule has 1 aromatic carbocycles. The number of rotatable bonds is 5. The van der Waals surface area contributed by atoms with E-state index in [1.807, 2.05) is 12.1 Å². The Hall–Kier alpha value is -0.820. The molecule has 15 heavy (non-hydrogen) atoms. The van der Waals surface area contributed by atoms with E-state index in [4.69, 9.17) is 0 Å². The topological polar surface area (TPSA) is 3.24 Å². The summed E-state index contributed by atoms with van der Waals surface area (Å²) < 4.78 is 0. The molecule has 0 aliphatic rings. The van der Waals surface area contributed by atoms with Crippen LogP contribution in [0.2, 0.25) is 0 Å². The zero-order chi connectivity index (χ0) is 11.3. The lowest BCUT2D eigenvalue weighted by molar-refractivity contribution is 0.177. The molecule has 0 N–H and O–H groups in total. The van der Waals surface area contributed by atoms with Gasteiger partial charge in [0.15, 0.2) is 0 Å². The molecule has 0 bridgehead atoms. The average Bonchev–Trinajstić information content (AvgIpc) is 2.18. The summed E-state index contributed by atoms with van der Waals surface area (Å²) in [5.74, 6) is 0. The summed E-state index contributed by atoms with van der Waals surface area (Å²) in [7, 11) is 0. The van der Waals surface area contributed by atoms with Gasteiger partial charge < -0.3 is 0 Å². The molecule has 0 aliphatic carbocycles. The van der Waals surface area contributed by atoms with Gasteiger partial charge in [-0.05, 0) is 45.7 Å². The quantitative estimate of drug-likeness (QED) is 0.712. The fraction of sp³-hybridized carbons (Fsp3) is 0.571. The van der Waals surface area contributed by atoms with Crippen LogP contribution in [0.25, 0.3) is 0 Å². The molecule has 0 aromatic heterocycles. The Morgan fingerprint density at radius 3 is 2.27 bits per heavy atom. The van der Waals surface area contributed by atoms with Gasteiger partial charge in [0.1, 0.15) is 0 Å². The SMILES string of the molecule is CC(C)N(CCc1[c]cccc1)C(C)C. The van der Waals surface area contributed by atoms with Crippen LogP contribution in [0.15, 0.2) is 24.3 Å². The third-order valence-electron chi connectivity index (χ3n) is 2.74. The summed E-state index contributed by atoms with van der Waals surface area (Å²) >= 11 is 0. The lowest BCUT2D eigenvalue weighted by Crippen LogP contribution is -2.38. The Bertz CT molecular complexity index is 256. The van der Waals surface area contributed by atoms with Crippen molar-refractivity contribution in [3.8, 4) is 0 Å². The third-order valence-corrected chi connectivity index (χ3v) is 2.74. The molecular formula is C14H22N. The van der Waals surface area contributed by atoms with Crippen LogP contribution in [0.1, 0.15) is 33.3 Å². The highest BCUT2D eigenvalue weighted by Crippen LogP contribution is 2.07. The van der Waals surface area contributed by atoms with E-state index in [0.717, 1.165) is 13.0 Å². The fourth-order valence-electron chi connectivity index (χ4n) is 1.95. The van der Waals surface area contributed by atoms with Gasteiger partial charge in [-0.25, -0.2) is 0 Å². The van der Waals surface area contributed by atoms with Gasteiger partial charge in [-0.1, -0.05) is 24.3 Å². The van der Waals surface area contributed by atoms with Gasteiger partial charge in [0.05, 0.1) is 0 Å². The summed E-state index contributed by atoms with van der Waals surface area (Å²) in [5, 5.41) is 0. The predicted octanol–water partition coefficient (Wildman–Crippen LogP) is 3.15. The fourth-order valence-corrected chi connectivity index (χ4v) is 1.95. The van der Waals surface area contributed by atoms with Crippen molar-refractivity contribution in [2.24, 2.45) is 0 Å². The van der Waals surface area contributed by atoms with Crippen molar-refractivity contribution in [1.29, 1.82) is 0 Å². The Morgan fingerprint density at radius 1 is 1.13 bits per heavy atom. The van der Waals surface area contributed by atoms with Crippen LogP contribution in [0, 0.1) is 6.07 Å². The second kappa shape index (κ2) is 5.92. The second-order valence-electron chi connectivity index (χ2n) is 4.56. The zero-order valence-electron chi connectivity index (χ0n) is 10.3. The van der Waals surface area contributed by atoms with E-state index in [1.165, 1.54) is 5.56 Å². The molecule has 83 valence electrons. The van der Waals surface area contributed by atoms with Crippen LogP contribution in [0.4, 0.5) is 0 Å². The van der Waals surface area contributed by atoms with Crippen molar-refractivity contribution in [2.45, 2.75) is 46.2 Å². The Balaban J connectivity index is 2.47. The maximum Gasteiger partial charge on any atom is 0.00414 e. The van der Waals surface area contributed by atoms with Gasteiger partial charge in [-0.2, -0.15) is 0 Å². The highest BCUT2D eigenvalue weighted by molar-refractivity contribution is 5.13. The van der Waals surface area contributed by atoms with Crippen LogP contribution in [-0.2, 0) is 6.42 Å². The molecule has 0 saturated heterocycles. The monoisotopic (exact) mass is 204 g/mol. The van der Waals surface area contributed by atoms with Gasteiger partial charge in [0.25, 0.3) is 0 Å². The van der Waals surface area contributed by atoms with Gasteiger partial charge >= 0.3 is 0 Å². The lowest BCUT2D eigenvalue weighted by atomic mass is 10.1. The van der Waals surface area contributed by atoms with Crippen LogP contribution in [0.3, 0.4) is 0 Å². The first-order valence-electron chi connectivity index (χ1n) is 5.82. The Morgan fingerprint density at radius 2 is 1.80 bits per heavy atom. The number of benzene rings is 1. The highest BCUT2D eigenvalue weighted by atomic mass is 15.2. The third kappa shape index (κ3) is 4.05. The van der Waals surface area contributed by atoms with Crippen LogP contribution < -0.4 is 0 Å². The molecule has 1 heteroatoms. The van der Waals surface area contributed by atoms with Crippen LogP contribution in [-0.4, -0.2) is 23.5 Å². The summed E-state index contributed by atoms with van der Waals surface area (Å²) in [6.07, 6.45) is 1.09. The molecule has 0 heterocycles. The van der Waals surface area contributed by atoms with Gasteiger partial charge in [-0.15, -0.1) is 0 Å². The van der Waals surface area contributed by atoms with E-state index < -0.39 is 0 Å². The van der Waals surface area contributed by atoms with E-state index in [2.05, 4.69) is 50.8 Å². The molecule has 1 nitrogen and oxygen atoms in total. The summed E-state index contributed by atoms with van der Waals surface area (Å²) in [4.78, 5) is 2.51. The molecular weight excluding hydrogens is 182 g/mol. The molecule has 1 rings (SSSR count). The van der Waals surface area contributed by atoms with Gasteiger partial charge in [0.2, 0.25) is 0 Å². The maximum absolute atomic E-state index is 3.27. The van der Waals surface area contributed by atoms with E-state index in [1.54, 1.807) is 0 Å². The number of hydrogen-bond donors (Lipinski definition) is 0.